The van der Waals surface area contributed by atoms with Gasteiger partial charge in [-0.25, -0.2) is 0 Å². The molecule has 0 saturated carbocycles. The molecule has 0 radical (unpaired) electrons. The van der Waals surface area contributed by atoms with Crippen molar-refractivity contribution in [3.05, 3.63) is 70.5 Å². The van der Waals surface area contributed by atoms with Crippen molar-refractivity contribution in [1.82, 2.24) is 9.97 Å². The summed E-state index contributed by atoms with van der Waals surface area (Å²) in [6, 6.07) is 18.0. The van der Waals surface area contributed by atoms with Crippen LogP contribution in [0.15, 0.2) is 59.4 Å². The molecule has 21 heavy (non-hydrogen) atoms. The van der Waals surface area contributed by atoms with Crippen LogP contribution in [-0.2, 0) is 0 Å². The fraction of sp³-hybridized carbons (Fsp3) is 0.0556. The molecular formula is C18H14N2O. The Balaban J connectivity index is 1.99. The van der Waals surface area contributed by atoms with E-state index in [2.05, 4.69) is 29.0 Å². The largest absolute Gasteiger partial charge is 0.354 e. The molecular weight excluding hydrogens is 260 g/mol. The molecule has 102 valence electrons. The molecule has 0 fully saturated rings. The minimum absolute atomic E-state index is 0.0722. The fourth-order valence-electron chi connectivity index (χ4n) is 2.74. The van der Waals surface area contributed by atoms with E-state index in [9.17, 15) is 4.79 Å². The van der Waals surface area contributed by atoms with E-state index < -0.39 is 0 Å². The van der Waals surface area contributed by atoms with Crippen molar-refractivity contribution in [3.63, 3.8) is 0 Å². The van der Waals surface area contributed by atoms with Gasteiger partial charge in [0.25, 0.3) is 5.56 Å². The summed E-state index contributed by atoms with van der Waals surface area (Å²) in [7, 11) is 0. The number of aromatic nitrogens is 2. The Morgan fingerprint density at radius 1 is 0.810 bits per heavy atom. The number of aromatic amines is 2. The van der Waals surface area contributed by atoms with Crippen molar-refractivity contribution in [2.75, 3.05) is 0 Å². The van der Waals surface area contributed by atoms with Gasteiger partial charge in [-0.05, 0) is 42.6 Å². The van der Waals surface area contributed by atoms with Gasteiger partial charge in [0, 0.05) is 16.4 Å². The number of hydrogen-bond donors (Lipinski definition) is 2. The van der Waals surface area contributed by atoms with Crippen LogP contribution in [0.1, 0.15) is 5.56 Å². The third-order valence-electron chi connectivity index (χ3n) is 3.82. The SMILES string of the molecule is Cc1ccc2[nH]c(-c3cc4ccccc4[nH]c3=O)cc2c1. The van der Waals surface area contributed by atoms with Gasteiger partial charge in [0.15, 0.2) is 0 Å². The predicted molar refractivity (Wildman–Crippen MR) is 86.6 cm³/mol. The first kappa shape index (κ1) is 12.0. The van der Waals surface area contributed by atoms with Crippen LogP contribution in [0.3, 0.4) is 0 Å². The van der Waals surface area contributed by atoms with E-state index in [1.165, 1.54) is 5.56 Å². The standard InChI is InChI=1S/C18H14N2O/c1-11-6-7-16-13(8-11)10-17(19-16)14-9-12-4-2-3-5-15(12)20-18(14)21/h2-10,19H,1H3,(H,20,21). The monoisotopic (exact) mass is 274 g/mol. The van der Waals surface area contributed by atoms with Crippen LogP contribution in [-0.4, -0.2) is 9.97 Å². The normalized spacial score (nSPS) is 11.3. The molecule has 0 aliphatic rings. The van der Waals surface area contributed by atoms with Crippen LogP contribution >= 0.6 is 0 Å². The van der Waals surface area contributed by atoms with Gasteiger partial charge in [-0.2, -0.15) is 0 Å². The first-order valence-electron chi connectivity index (χ1n) is 6.92. The summed E-state index contributed by atoms with van der Waals surface area (Å²) >= 11 is 0. The summed E-state index contributed by atoms with van der Waals surface area (Å²) < 4.78 is 0. The number of pyridine rings is 1. The number of benzene rings is 2. The second-order valence-corrected chi connectivity index (χ2v) is 5.37. The summed E-state index contributed by atoms with van der Waals surface area (Å²) in [5.74, 6) is 0. The van der Waals surface area contributed by atoms with Gasteiger partial charge in [-0.3, -0.25) is 4.79 Å². The smallest absolute Gasteiger partial charge is 0.257 e. The van der Waals surface area contributed by atoms with E-state index in [1.807, 2.05) is 42.5 Å². The van der Waals surface area contributed by atoms with Gasteiger partial charge < -0.3 is 9.97 Å². The molecule has 0 aliphatic heterocycles. The third kappa shape index (κ3) is 1.94. The molecule has 3 heteroatoms. The fourth-order valence-corrected chi connectivity index (χ4v) is 2.74. The Morgan fingerprint density at radius 2 is 1.62 bits per heavy atom. The lowest BCUT2D eigenvalue weighted by atomic mass is 10.1. The predicted octanol–water partition coefficient (Wildman–Crippen LogP) is 3.98. The molecule has 0 atom stereocenters. The number of rotatable bonds is 1. The third-order valence-corrected chi connectivity index (χ3v) is 3.82. The topological polar surface area (TPSA) is 48.6 Å². The molecule has 0 bridgehead atoms. The number of H-pyrrole nitrogens is 2. The Bertz CT molecular complexity index is 1020. The van der Waals surface area contributed by atoms with Crippen molar-refractivity contribution < 1.29 is 0 Å². The zero-order valence-corrected chi connectivity index (χ0v) is 11.6. The maximum atomic E-state index is 12.3. The highest BCUT2D eigenvalue weighted by Crippen LogP contribution is 2.24. The van der Waals surface area contributed by atoms with E-state index in [0.29, 0.717) is 5.56 Å². The van der Waals surface area contributed by atoms with Gasteiger partial charge in [0.1, 0.15) is 0 Å². The van der Waals surface area contributed by atoms with Crippen molar-refractivity contribution in [1.29, 1.82) is 0 Å². The summed E-state index contributed by atoms with van der Waals surface area (Å²) in [5.41, 5.74) is 4.56. The molecule has 3 nitrogen and oxygen atoms in total. The highest BCUT2D eigenvalue weighted by atomic mass is 16.1. The Morgan fingerprint density at radius 3 is 2.52 bits per heavy atom. The highest BCUT2D eigenvalue weighted by Gasteiger charge is 2.08. The second-order valence-electron chi connectivity index (χ2n) is 5.37. The van der Waals surface area contributed by atoms with Crippen LogP contribution in [0.5, 0.6) is 0 Å². The number of fused-ring (bicyclic) bond motifs is 2. The Kier molecular flexibility index (Phi) is 2.48. The quantitative estimate of drug-likeness (QED) is 0.542. The molecule has 4 aromatic rings. The first-order chi connectivity index (χ1) is 10.2. The van der Waals surface area contributed by atoms with Crippen LogP contribution in [0.4, 0.5) is 0 Å². The lowest BCUT2D eigenvalue weighted by molar-refractivity contribution is 1.29. The average Bonchev–Trinajstić information content (AvgIpc) is 2.89. The lowest BCUT2D eigenvalue weighted by Gasteiger charge is -2.01. The maximum absolute atomic E-state index is 12.3. The van der Waals surface area contributed by atoms with Crippen molar-refractivity contribution in [2.24, 2.45) is 0 Å². The van der Waals surface area contributed by atoms with E-state index in [4.69, 9.17) is 0 Å². The number of para-hydroxylation sites is 1. The molecule has 2 heterocycles. The van der Waals surface area contributed by atoms with Gasteiger partial charge >= 0.3 is 0 Å². The minimum atomic E-state index is -0.0722. The lowest BCUT2D eigenvalue weighted by Crippen LogP contribution is -2.08. The summed E-state index contributed by atoms with van der Waals surface area (Å²) in [6.45, 7) is 2.06. The summed E-state index contributed by atoms with van der Waals surface area (Å²) in [6.07, 6.45) is 0. The van der Waals surface area contributed by atoms with Crippen LogP contribution in [0.25, 0.3) is 33.1 Å². The van der Waals surface area contributed by atoms with E-state index in [0.717, 1.165) is 27.5 Å². The number of hydrogen-bond acceptors (Lipinski definition) is 1. The van der Waals surface area contributed by atoms with Gasteiger partial charge in [-0.15, -0.1) is 0 Å². The summed E-state index contributed by atoms with van der Waals surface area (Å²) in [4.78, 5) is 18.6. The molecule has 0 saturated heterocycles. The van der Waals surface area contributed by atoms with Gasteiger partial charge in [-0.1, -0.05) is 29.8 Å². The minimum Gasteiger partial charge on any atom is -0.354 e. The van der Waals surface area contributed by atoms with Crippen molar-refractivity contribution in [2.45, 2.75) is 6.92 Å². The molecule has 0 spiro atoms. The zero-order chi connectivity index (χ0) is 14.4. The molecule has 0 amide bonds. The van der Waals surface area contributed by atoms with Gasteiger partial charge in [0.2, 0.25) is 0 Å². The molecule has 4 rings (SSSR count). The van der Waals surface area contributed by atoms with Crippen LogP contribution < -0.4 is 5.56 Å². The van der Waals surface area contributed by atoms with Gasteiger partial charge in [0.05, 0.1) is 11.3 Å². The molecule has 2 aromatic carbocycles. The average molecular weight is 274 g/mol. The number of nitrogens with one attached hydrogen (secondary N) is 2. The van der Waals surface area contributed by atoms with Crippen LogP contribution in [0.2, 0.25) is 0 Å². The zero-order valence-electron chi connectivity index (χ0n) is 11.6. The first-order valence-corrected chi connectivity index (χ1v) is 6.92. The molecule has 0 unspecified atom stereocenters. The molecule has 0 aliphatic carbocycles. The van der Waals surface area contributed by atoms with E-state index >= 15 is 0 Å². The molecule has 2 N–H and O–H groups in total. The van der Waals surface area contributed by atoms with E-state index in [-0.39, 0.29) is 5.56 Å². The summed E-state index contributed by atoms with van der Waals surface area (Å²) in [5, 5.41) is 2.15. The van der Waals surface area contributed by atoms with Crippen molar-refractivity contribution >= 4 is 21.8 Å². The van der Waals surface area contributed by atoms with Crippen molar-refractivity contribution in [3.8, 4) is 11.3 Å². The maximum Gasteiger partial charge on any atom is 0.257 e. The highest BCUT2D eigenvalue weighted by molar-refractivity contribution is 5.89. The number of aryl methyl sites for hydroxylation is 1. The Hall–Kier alpha value is -2.81. The van der Waals surface area contributed by atoms with E-state index in [1.54, 1.807) is 0 Å². The second kappa shape index (κ2) is 4.35. The molecule has 2 aromatic heterocycles. The van der Waals surface area contributed by atoms with Crippen LogP contribution in [0, 0.1) is 6.92 Å². The Labute approximate surface area is 121 Å².